The van der Waals surface area contributed by atoms with E-state index in [2.05, 4.69) is 19.9 Å². The van der Waals surface area contributed by atoms with Gasteiger partial charge in [-0.05, 0) is 49.5 Å². The van der Waals surface area contributed by atoms with E-state index in [0.29, 0.717) is 11.5 Å². The van der Waals surface area contributed by atoms with Gasteiger partial charge in [0.05, 0.1) is 12.2 Å². The molecule has 0 aromatic rings. The second kappa shape index (κ2) is 3.95. The monoisotopic (exact) mass is 248 g/mol. The number of allylic oxidation sites excluding steroid dienone is 2. The fraction of sp³-hybridized carbons (Fsp3) is 0.667. The van der Waals surface area contributed by atoms with Gasteiger partial charge in [-0.2, -0.15) is 0 Å². The van der Waals surface area contributed by atoms with Crippen LogP contribution in [0.5, 0.6) is 0 Å². The van der Waals surface area contributed by atoms with Crippen molar-refractivity contribution in [2.75, 3.05) is 6.61 Å². The van der Waals surface area contributed by atoms with Crippen molar-refractivity contribution in [1.29, 1.82) is 0 Å². The molecule has 1 fully saturated rings. The highest BCUT2D eigenvalue weighted by atomic mass is 16.5. The van der Waals surface area contributed by atoms with Gasteiger partial charge in [-0.15, -0.1) is 0 Å². The Bertz CT molecular complexity index is 460. The first-order valence-electron chi connectivity index (χ1n) is 6.75. The molecule has 1 saturated carbocycles. The van der Waals surface area contributed by atoms with Gasteiger partial charge in [0.15, 0.2) is 0 Å². The van der Waals surface area contributed by atoms with Crippen LogP contribution in [0.2, 0.25) is 0 Å². The lowest BCUT2D eigenvalue weighted by atomic mass is 9.58. The van der Waals surface area contributed by atoms with Crippen LogP contribution in [0.3, 0.4) is 0 Å². The Morgan fingerprint density at radius 3 is 3.06 bits per heavy atom. The summed E-state index contributed by atoms with van der Waals surface area (Å²) in [6.45, 7) is 4.33. The summed E-state index contributed by atoms with van der Waals surface area (Å²) in [4.78, 5) is 11.7. The van der Waals surface area contributed by atoms with Crippen LogP contribution in [0.1, 0.15) is 39.5 Å². The zero-order chi connectivity index (χ0) is 12.9. The Morgan fingerprint density at radius 1 is 1.56 bits per heavy atom. The van der Waals surface area contributed by atoms with Crippen LogP contribution < -0.4 is 0 Å². The predicted molar refractivity (Wildman–Crippen MR) is 67.8 cm³/mol. The summed E-state index contributed by atoms with van der Waals surface area (Å²) in [6, 6.07) is 0. The van der Waals surface area contributed by atoms with Gasteiger partial charge >= 0.3 is 5.97 Å². The van der Waals surface area contributed by atoms with Crippen LogP contribution in [0.25, 0.3) is 0 Å². The Morgan fingerprint density at radius 2 is 2.33 bits per heavy atom. The van der Waals surface area contributed by atoms with Gasteiger partial charge in [-0.3, -0.25) is 0 Å². The molecule has 0 saturated heterocycles. The minimum absolute atomic E-state index is 0.0770. The van der Waals surface area contributed by atoms with Gasteiger partial charge in [0, 0.05) is 0 Å². The number of aliphatic hydroxyl groups excluding tert-OH is 1. The molecule has 98 valence electrons. The molecular weight excluding hydrogens is 228 g/mol. The minimum Gasteiger partial charge on any atom is -0.454 e. The highest BCUT2D eigenvalue weighted by Gasteiger charge is 2.48. The second-order valence-corrected chi connectivity index (χ2v) is 6.16. The van der Waals surface area contributed by atoms with Crippen molar-refractivity contribution >= 4 is 5.97 Å². The minimum atomic E-state index is -0.304. The molecule has 0 amide bonds. The molecule has 0 spiro atoms. The number of ether oxygens (including phenoxy) is 1. The zero-order valence-electron chi connectivity index (χ0n) is 11.0. The van der Waals surface area contributed by atoms with E-state index in [-0.39, 0.29) is 24.1 Å². The third-order valence-electron chi connectivity index (χ3n) is 5.08. The fourth-order valence-electron chi connectivity index (χ4n) is 3.97. The summed E-state index contributed by atoms with van der Waals surface area (Å²) in [5, 5.41) is 9.33. The Labute approximate surface area is 108 Å². The van der Waals surface area contributed by atoms with Gasteiger partial charge in [0.2, 0.25) is 0 Å². The zero-order valence-corrected chi connectivity index (χ0v) is 11.0. The maximum absolute atomic E-state index is 11.7. The van der Waals surface area contributed by atoms with Gasteiger partial charge in [0.1, 0.15) is 6.10 Å². The van der Waals surface area contributed by atoms with Gasteiger partial charge in [-0.25, -0.2) is 4.79 Å². The normalized spacial score (nSPS) is 39.1. The van der Waals surface area contributed by atoms with Crippen LogP contribution in [-0.4, -0.2) is 23.8 Å². The number of rotatable bonds is 1. The number of fused-ring (bicyclic) bond motifs is 2. The van der Waals surface area contributed by atoms with E-state index < -0.39 is 0 Å². The number of carbonyl (C=O) groups is 1. The average Bonchev–Trinajstić information content (AvgIpc) is 2.60. The second-order valence-electron chi connectivity index (χ2n) is 6.16. The number of hydrogen-bond acceptors (Lipinski definition) is 3. The summed E-state index contributed by atoms with van der Waals surface area (Å²) in [6.07, 6.45) is 6.34. The van der Waals surface area contributed by atoms with Crippen molar-refractivity contribution in [3.8, 4) is 0 Å². The summed E-state index contributed by atoms with van der Waals surface area (Å²) >= 11 is 0. The Kier molecular flexibility index (Phi) is 2.63. The molecule has 2 unspecified atom stereocenters. The third kappa shape index (κ3) is 1.57. The molecule has 1 aliphatic heterocycles. The van der Waals surface area contributed by atoms with E-state index in [0.717, 1.165) is 24.8 Å². The number of carbonyl (C=O) groups excluding carboxylic acids is 1. The number of hydrogen-bond donors (Lipinski definition) is 1. The van der Waals surface area contributed by atoms with Crippen molar-refractivity contribution in [2.24, 2.45) is 11.3 Å². The summed E-state index contributed by atoms with van der Waals surface area (Å²) in [7, 11) is 0. The maximum atomic E-state index is 11.7. The molecule has 3 aliphatic rings. The highest BCUT2D eigenvalue weighted by Crippen LogP contribution is 2.54. The van der Waals surface area contributed by atoms with E-state index in [9.17, 15) is 9.90 Å². The molecule has 18 heavy (non-hydrogen) atoms. The Hall–Kier alpha value is -1.09. The van der Waals surface area contributed by atoms with E-state index in [1.807, 2.05) is 0 Å². The van der Waals surface area contributed by atoms with Gasteiger partial charge in [-0.1, -0.05) is 18.6 Å². The van der Waals surface area contributed by atoms with Gasteiger partial charge in [0.25, 0.3) is 0 Å². The van der Waals surface area contributed by atoms with E-state index in [1.165, 1.54) is 12.0 Å². The lowest BCUT2D eigenvalue weighted by molar-refractivity contribution is -0.142. The van der Waals surface area contributed by atoms with E-state index in [4.69, 9.17) is 4.74 Å². The SMILES string of the molecule is CC1=CCCC2(C)CC3OC(=O)C(CO)=C3C[C@H]12. The van der Waals surface area contributed by atoms with Crippen molar-refractivity contribution in [3.63, 3.8) is 0 Å². The van der Waals surface area contributed by atoms with Crippen molar-refractivity contribution in [2.45, 2.75) is 45.6 Å². The Balaban J connectivity index is 1.99. The van der Waals surface area contributed by atoms with Crippen LogP contribution in [0.4, 0.5) is 0 Å². The standard InChI is InChI=1S/C15H20O3/c1-9-4-3-5-15(2)7-13-10(6-12(9)15)11(8-16)14(17)18-13/h4,12-13,16H,3,5-8H2,1-2H3/t12-,13?,15?/m1/s1. The first-order valence-corrected chi connectivity index (χ1v) is 6.75. The summed E-state index contributed by atoms with van der Waals surface area (Å²) < 4.78 is 5.43. The molecule has 1 heterocycles. The molecule has 0 aromatic carbocycles. The quantitative estimate of drug-likeness (QED) is 0.572. The molecule has 0 bridgehead atoms. The molecule has 0 radical (unpaired) electrons. The largest absolute Gasteiger partial charge is 0.454 e. The summed E-state index contributed by atoms with van der Waals surface area (Å²) in [5.74, 6) is 0.204. The maximum Gasteiger partial charge on any atom is 0.337 e. The number of esters is 1. The van der Waals surface area contributed by atoms with Crippen LogP contribution in [-0.2, 0) is 9.53 Å². The molecule has 1 N–H and O–H groups in total. The van der Waals surface area contributed by atoms with Crippen molar-refractivity contribution in [3.05, 3.63) is 22.8 Å². The lowest BCUT2D eigenvalue weighted by Gasteiger charge is -2.47. The topological polar surface area (TPSA) is 46.5 Å². The summed E-state index contributed by atoms with van der Waals surface area (Å²) in [5.41, 5.74) is 3.25. The van der Waals surface area contributed by atoms with Gasteiger partial charge < -0.3 is 9.84 Å². The third-order valence-corrected chi connectivity index (χ3v) is 5.08. The van der Waals surface area contributed by atoms with Crippen LogP contribution in [0, 0.1) is 11.3 Å². The van der Waals surface area contributed by atoms with Crippen molar-refractivity contribution in [1.82, 2.24) is 0 Å². The fourth-order valence-corrected chi connectivity index (χ4v) is 3.97. The molecule has 0 aromatic heterocycles. The smallest absolute Gasteiger partial charge is 0.337 e. The molecule has 2 aliphatic carbocycles. The molecule has 3 rings (SSSR count). The van der Waals surface area contributed by atoms with E-state index >= 15 is 0 Å². The van der Waals surface area contributed by atoms with Crippen LogP contribution in [0.15, 0.2) is 22.8 Å². The number of aliphatic hydroxyl groups is 1. The molecule has 3 heteroatoms. The highest BCUT2D eigenvalue weighted by molar-refractivity contribution is 5.92. The first kappa shape index (κ1) is 12.0. The first-order chi connectivity index (χ1) is 8.55. The molecular formula is C15H20O3. The molecule has 3 nitrogen and oxygen atoms in total. The van der Waals surface area contributed by atoms with Crippen LogP contribution >= 0.6 is 0 Å². The molecule has 3 atom stereocenters. The predicted octanol–water partition coefficient (Wildman–Crippen LogP) is 2.36. The average molecular weight is 248 g/mol. The van der Waals surface area contributed by atoms with Crippen molar-refractivity contribution < 1.29 is 14.6 Å². The van der Waals surface area contributed by atoms with E-state index in [1.54, 1.807) is 0 Å². The lowest BCUT2D eigenvalue weighted by Crippen LogP contribution is -2.40.